The van der Waals surface area contributed by atoms with Crippen LogP contribution in [-0.4, -0.2) is 171 Å². The number of para-hydroxylation sites is 4. The molecule has 0 saturated heterocycles. The maximum Gasteiger partial charge on any atom is 0.668 e. The minimum Gasteiger partial charge on any atom is -0.504 e. The Labute approximate surface area is 347 Å². The first kappa shape index (κ1) is 65.4. The van der Waals surface area contributed by atoms with E-state index in [1.807, 2.05) is 0 Å². The van der Waals surface area contributed by atoms with Gasteiger partial charge in [-0.15, -0.1) is 0 Å². The van der Waals surface area contributed by atoms with E-state index in [1.165, 1.54) is 122 Å². The van der Waals surface area contributed by atoms with Crippen LogP contribution in [0.15, 0.2) is 48.5 Å². The van der Waals surface area contributed by atoms with E-state index >= 15 is 0 Å². The summed E-state index contributed by atoms with van der Waals surface area (Å²) in [5.74, 6) is -0.306. The van der Waals surface area contributed by atoms with Crippen molar-refractivity contribution in [3.05, 3.63) is 48.5 Å². The zero-order valence-electron chi connectivity index (χ0n) is 38.5. The first-order valence-corrected chi connectivity index (χ1v) is 22.6. The second-order valence-electron chi connectivity index (χ2n) is 11.7. The lowest BCUT2D eigenvalue weighted by molar-refractivity contribution is 0.117. The van der Waals surface area contributed by atoms with E-state index in [9.17, 15) is 0 Å². The summed E-state index contributed by atoms with van der Waals surface area (Å²) in [7, 11) is -4.61. The van der Waals surface area contributed by atoms with Crippen LogP contribution < -0.4 is 0 Å². The highest BCUT2D eigenvalue weighted by Crippen LogP contribution is 2.22. The van der Waals surface area contributed by atoms with E-state index in [0.29, 0.717) is 0 Å². The molecule has 2 aromatic rings. The smallest absolute Gasteiger partial charge is 0.504 e. The quantitative estimate of drug-likeness (QED) is 0.0715. The lowest BCUT2D eigenvalue weighted by Gasteiger charge is -2.13. The molecule has 0 bridgehead atoms. The van der Waals surface area contributed by atoms with Gasteiger partial charge in [0.15, 0.2) is 23.0 Å². The number of hydrogen-bond donors (Lipinski definition) is 8. The molecule has 2 rings (SSSR count). The van der Waals surface area contributed by atoms with Gasteiger partial charge in [-0.2, -0.15) is 0 Å². The van der Waals surface area contributed by atoms with Crippen molar-refractivity contribution in [2.24, 2.45) is 0 Å². The summed E-state index contributed by atoms with van der Waals surface area (Å²) in [6.45, 7) is 50.6. The summed E-state index contributed by atoms with van der Waals surface area (Å²) in [5.41, 5.74) is 0. The fourth-order valence-electron chi connectivity index (χ4n) is 4.28. The Morgan fingerprint density at radius 3 is 0.429 bits per heavy atom. The number of benzene rings is 2. The van der Waals surface area contributed by atoms with E-state index in [-0.39, 0.29) is 24.4 Å². The van der Waals surface area contributed by atoms with Crippen molar-refractivity contribution in [2.75, 3.05) is 98.2 Å². The average Bonchev–Trinajstić information content (AvgIpc) is 3.18. The van der Waals surface area contributed by atoms with Crippen molar-refractivity contribution >= 4 is 9.05 Å². The number of aromatic hydroxyl groups is 4. The van der Waals surface area contributed by atoms with Gasteiger partial charge in [-0.05, 0) is 122 Å². The second-order valence-corrected chi connectivity index (χ2v) is 12.9. The summed E-state index contributed by atoms with van der Waals surface area (Å²) in [5, 5.41) is 34.7. The predicted molar refractivity (Wildman–Crippen MR) is 244 cm³/mol. The van der Waals surface area contributed by atoms with Crippen molar-refractivity contribution in [2.45, 2.75) is 104 Å². The molecule has 0 atom stereocenters. The largest absolute Gasteiger partial charge is 0.668 e. The molecule has 0 aliphatic heterocycles. The Kier molecular flexibility index (Phi) is 56.8. The average molecular weight is 824 g/mol. The van der Waals surface area contributed by atoms with E-state index in [2.05, 4.69) is 128 Å². The van der Waals surface area contributed by atoms with Gasteiger partial charge in [0, 0.05) is 1.43 Å². The van der Waals surface area contributed by atoms with E-state index in [0.717, 1.165) is 0 Å². The standard InChI is InChI=1S/5C6H15N.2C6H6O2.H4O4Si.H2/c5*1-4-7(5-2)6-3;2*7-5-3-1-2-4-6(5)8;1-5(2,3)4;/h5*4-6H2,1-3H3;2*1-4,7-8H;1-4H;1H. The molecule has 0 unspecified atom stereocenters. The fraction of sp³-hybridized carbons (Fsp3) is 0.714. The molecule has 0 saturated carbocycles. The van der Waals surface area contributed by atoms with Crippen LogP contribution in [0.25, 0.3) is 0 Å². The molecule has 338 valence electrons. The van der Waals surface area contributed by atoms with Crippen LogP contribution in [0.4, 0.5) is 0 Å². The minimum absolute atomic E-state index is 0. The van der Waals surface area contributed by atoms with Gasteiger partial charge in [0.05, 0.1) is 0 Å². The van der Waals surface area contributed by atoms with Gasteiger partial charge >= 0.3 is 9.05 Å². The Bertz CT molecular complexity index is 824. The van der Waals surface area contributed by atoms with Crippen molar-refractivity contribution in [1.82, 2.24) is 24.5 Å². The Morgan fingerprint density at radius 1 is 0.304 bits per heavy atom. The summed E-state index contributed by atoms with van der Waals surface area (Å²) < 4.78 is 0. The number of nitrogens with zero attached hydrogens (tertiary/aromatic N) is 5. The predicted octanol–water partition coefficient (Wildman–Crippen LogP) is 6.57. The van der Waals surface area contributed by atoms with Crippen molar-refractivity contribution in [3.63, 3.8) is 0 Å². The molecule has 56 heavy (non-hydrogen) atoms. The van der Waals surface area contributed by atoms with E-state index in [4.69, 9.17) is 39.6 Å². The highest BCUT2D eigenvalue weighted by Gasteiger charge is 2.22. The van der Waals surface area contributed by atoms with Crippen molar-refractivity contribution in [1.29, 1.82) is 0 Å². The molecular formula is C42H93N5O8Si. The van der Waals surface area contributed by atoms with Crippen LogP contribution in [0.3, 0.4) is 0 Å². The van der Waals surface area contributed by atoms with Gasteiger partial charge in [0.2, 0.25) is 0 Å². The zero-order chi connectivity index (χ0) is 45.0. The molecule has 14 heteroatoms. The number of phenols is 4. The third kappa shape index (κ3) is 53.6. The lowest BCUT2D eigenvalue weighted by Crippen LogP contribution is -2.33. The Morgan fingerprint density at radius 2 is 0.393 bits per heavy atom. The monoisotopic (exact) mass is 824 g/mol. The topological polar surface area (TPSA) is 178 Å². The first-order chi connectivity index (χ1) is 26.3. The van der Waals surface area contributed by atoms with Crippen molar-refractivity contribution < 1.29 is 41.0 Å². The molecule has 0 amide bonds. The molecule has 0 aromatic heterocycles. The SMILES string of the molecule is CCN(CC)CC.CCN(CC)CC.CCN(CC)CC.CCN(CC)CC.CCN(CC)CC.O[Si](O)(O)O.Oc1ccccc1O.Oc1ccccc1O.[HH]. The summed E-state index contributed by atoms with van der Waals surface area (Å²) >= 11 is 0. The maximum atomic E-state index is 8.67. The van der Waals surface area contributed by atoms with Crippen molar-refractivity contribution in [3.8, 4) is 23.0 Å². The normalized spacial score (nSPS) is 10.1. The van der Waals surface area contributed by atoms with Gasteiger partial charge in [-0.1, -0.05) is 128 Å². The van der Waals surface area contributed by atoms with Gasteiger partial charge < -0.3 is 64.1 Å². The van der Waals surface area contributed by atoms with Gasteiger partial charge in [-0.25, -0.2) is 0 Å². The Balaban J connectivity index is -0.000000100. The number of hydrogen-bond acceptors (Lipinski definition) is 13. The molecular weight excluding hydrogens is 731 g/mol. The third-order valence-electron chi connectivity index (χ3n) is 8.47. The van der Waals surface area contributed by atoms with Crippen LogP contribution in [-0.2, 0) is 0 Å². The third-order valence-corrected chi connectivity index (χ3v) is 8.47. The first-order valence-electron chi connectivity index (χ1n) is 20.8. The van der Waals surface area contributed by atoms with E-state index in [1.54, 1.807) is 24.3 Å². The summed E-state index contributed by atoms with van der Waals surface area (Å²) in [6, 6.07) is 12.3. The van der Waals surface area contributed by atoms with Gasteiger partial charge in [0.25, 0.3) is 0 Å². The molecule has 0 spiro atoms. The van der Waals surface area contributed by atoms with Crippen LogP contribution in [0.2, 0.25) is 0 Å². The Hall–Kier alpha value is -2.50. The lowest BCUT2D eigenvalue weighted by atomic mass is 10.3. The molecule has 2 aromatic carbocycles. The number of phenolic OH excluding ortho intramolecular Hbond substituents is 4. The van der Waals surface area contributed by atoms with Crippen LogP contribution in [0.1, 0.15) is 105 Å². The molecule has 0 heterocycles. The summed E-state index contributed by atoms with van der Waals surface area (Å²) in [6.07, 6.45) is 0. The van der Waals surface area contributed by atoms with Gasteiger partial charge in [-0.3, -0.25) is 0 Å². The highest BCUT2D eigenvalue weighted by atomic mass is 28.4. The van der Waals surface area contributed by atoms with Crippen LogP contribution in [0, 0.1) is 0 Å². The van der Waals surface area contributed by atoms with Crippen LogP contribution in [0.5, 0.6) is 23.0 Å². The minimum atomic E-state index is -4.61. The zero-order valence-corrected chi connectivity index (χ0v) is 39.5. The molecule has 0 aliphatic rings. The molecule has 8 N–H and O–H groups in total. The molecule has 13 nitrogen and oxygen atoms in total. The maximum absolute atomic E-state index is 8.67. The van der Waals surface area contributed by atoms with Gasteiger partial charge in [0.1, 0.15) is 0 Å². The second kappa shape index (κ2) is 48.6. The van der Waals surface area contributed by atoms with Crippen LogP contribution >= 0.6 is 0 Å². The highest BCUT2D eigenvalue weighted by molar-refractivity contribution is 6.46. The molecule has 0 aliphatic carbocycles. The number of rotatable bonds is 15. The summed E-state index contributed by atoms with van der Waals surface area (Å²) in [4.78, 5) is 41.2. The fourth-order valence-corrected chi connectivity index (χ4v) is 4.28. The molecule has 0 fully saturated rings. The van der Waals surface area contributed by atoms with E-state index < -0.39 is 9.05 Å². The molecule has 0 radical (unpaired) electrons.